The van der Waals surface area contributed by atoms with Crippen LogP contribution in [-0.4, -0.2) is 25.0 Å². The lowest BCUT2D eigenvalue weighted by Gasteiger charge is -2.21. The van der Waals surface area contributed by atoms with Crippen molar-refractivity contribution < 1.29 is 4.39 Å². The van der Waals surface area contributed by atoms with Crippen molar-refractivity contribution in [1.29, 1.82) is 0 Å². The van der Waals surface area contributed by atoms with Crippen molar-refractivity contribution in [2.75, 3.05) is 20.1 Å². The molecule has 0 radical (unpaired) electrons. The largest absolute Gasteiger partial charge is 0.316 e. The highest BCUT2D eigenvalue weighted by atomic mass is 19.1. The van der Waals surface area contributed by atoms with Gasteiger partial charge in [0.05, 0.1) is 0 Å². The molecule has 3 heteroatoms. The first-order valence-electron chi connectivity index (χ1n) is 8.37. The van der Waals surface area contributed by atoms with Crippen LogP contribution < -0.4 is 5.32 Å². The summed E-state index contributed by atoms with van der Waals surface area (Å²) >= 11 is 0. The summed E-state index contributed by atoms with van der Waals surface area (Å²) in [7, 11) is 1.92. The molecule has 0 spiro atoms. The molecule has 1 aromatic carbocycles. The first-order valence-corrected chi connectivity index (χ1v) is 8.37. The molecule has 1 aliphatic heterocycles. The Labute approximate surface area is 128 Å². The minimum absolute atomic E-state index is 0.0655. The van der Waals surface area contributed by atoms with Gasteiger partial charge in [0.25, 0.3) is 0 Å². The zero-order chi connectivity index (χ0) is 15.1. The van der Waals surface area contributed by atoms with Gasteiger partial charge in [-0.15, -0.1) is 0 Å². The van der Waals surface area contributed by atoms with Crippen molar-refractivity contribution in [2.45, 2.75) is 52.1 Å². The van der Waals surface area contributed by atoms with Crippen LogP contribution >= 0.6 is 0 Å². The fourth-order valence-corrected chi connectivity index (χ4v) is 3.38. The molecule has 2 nitrogen and oxygen atoms in total. The molecular weight excluding hydrogens is 263 g/mol. The summed E-state index contributed by atoms with van der Waals surface area (Å²) in [4.78, 5) is 2.43. The number of rotatable bonds is 6. The summed E-state index contributed by atoms with van der Waals surface area (Å²) < 4.78 is 14.0. The standard InChI is InChI=1S/C18H29FN2/c1-3-5-15-6-4-10-21(11-9-15)14-17-12-16(13-20-2)7-8-18(17)19/h7-8,12,15,20H,3-6,9-11,13-14H2,1-2H3. The highest BCUT2D eigenvalue weighted by Gasteiger charge is 2.17. The quantitative estimate of drug-likeness (QED) is 0.854. The van der Waals surface area contributed by atoms with E-state index >= 15 is 0 Å². The van der Waals surface area contributed by atoms with Crippen LogP contribution in [0.1, 0.15) is 50.2 Å². The summed E-state index contributed by atoms with van der Waals surface area (Å²) in [5.41, 5.74) is 2.00. The predicted molar refractivity (Wildman–Crippen MR) is 86.7 cm³/mol. The second-order valence-electron chi connectivity index (χ2n) is 6.32. The van der Waals surface area contributed by atoms with Gasteiger partial charge in [-0.1, -0.05) is 31.9 Å². The predicted octanol–water partition coefficient (Wildman–Crippen LogP) is 3.95. The van der Waals surface area contributed by atoms with Crippen LogP contribution in [0, 0.1) is 11.7 Å². The molecule has 1 aromatic rings. The maximum Gasteiger partial charge on any atom is 0.127 e. The Kier molecular flexibility index (Phi) is 6.65. The third-order valence-corrected chi connectivity index (χ3v) is 4.52. The number of nitrogens with one attached hydrogen (secondary N) is 1. The topological polar surface area (TPSA) is 15.3 Å². The average Bonchev–Trinajstić information content (AvgIpc) is 2.69. The van der Waals surface area contributed by atoms with Crippen LogP contribution in [-0.2, 0) is 13.1 Å². The highest BCUT2D eigenvalue weighted by Crippen LogP contribution is 2.23. The van der Waals surface area contributed by atoms with E-state index in [0.29, 0.717) is 0 Å². The summed E-state index contributed by atoms with van der Waals surface area (Å²) in [6.07, 6.45) is 6.49. The molecule has 0 bridgehead atoms. The average molecular weight is 292 g/mol. The van der Waals surface area contributed by atoms with Gasteiger partial charge in [-0.25, -0.2) is 4.39 Å². The number of likely N-dealkylation sites (tertiary alicyclic amines) is 1. The van der Waals surface area contributed by atoms with Gasteiger partial charge >= 0.3 is 0 Å². The maximum absolute atomic E-state index is 14.0. The molecule has 1 unspecified atom stereocenters. The molecule has 1 fully saturated rings. The summed E-state index contributed by atoms with van der Waals surface area (Å²) in [6, 6.07) is 5.50. The zero-order valence-electron chi connectivity index (χ0n) is 13.5. The summed E-state index contributed by atoms with van der Waals surface area (Å²) in [5.74, 6) is 0.810. The van der Waals surface area contributed by atoms with Crippen molar-refractivity contribution in [2.24, 2.45) is 5.92 Å². The van der Waals surface area contributed by atoms with Crippen LogP contribution in [0.4, 0.5) is 4.39 Å². The van der Waals surface area contributed by atoms with E-state index in [2.05, 4.69) is 17.1 Å². The van der Waals surface area contributed by atoms with Gasteiger partial charge in [-0.2, -0.15) is 0 Å². The molecule has 0 saturated carbocycles. The number of halogens is 1. The molecule has 1 aliphatic rings. The second-order valence-corrected chi connectivity index (χ2v) is 6.32. The van der Waals surface area contributed by atoms with Crippen LogP contribution in [0.15, 0.2) is 18.2 Å². The third-order valence-electron chi connectivity index (χ3n) is 4.52. The normalized spacial score (nSPS) is 20.4. The second kappa shape index (κ2) is 8.50. The van der Waals surface area contributed by atoms with Crippen molar-refractivity contribution >= 4 is 0 Å². The van der Waals surface area contributed by atoms with E-state index in [4.69, 9.17) is 0 Å². The molecule has 1 atom stereocenters. The van der Waals surface area contributed by atoms with Crippen LogP contribution in [0.25, 0.3) is 0 Å². The molecule has 1 N–H and O–H groups in total. The minimum Gasteiger partial charge on any atom is -0.316 e. The van der Waals surface area contributed by atoms with E-state index < -0.39 is 0 Å². The molecule has 21 heavy (non-hydrogen) atoms. The van der Waals surface area contributed by atoms with E-state index in [1.165, 1.54) is 32.1 Å². The Morgan fingerprint density at radius 1 is 1.29 bits per heavy atom. The third kappa shape index (κ3) is 5.08. The summed E-state index contributed by atoms with van der Waals surface area (Å²) in [6.45, 7) is 6.04. The molecule has 0 aromatic heterocycles. The van der Waals surface area contributed by atoms with E-state index in [0.717, 1.165) is 43.2 Å². The van der Waals surface area contributed by atoms with Gasteiger partial charge in [0.1, 0.15) is 5.82 Å². The molecule has 2 rings (SSSR count). The number of hydrogen-bond acceptors (Lipinski definition) is 2. The lowest BCUT2D eigenvalue weighted by atomic mass is 9.96. The lowest BCUT2D eigenvalue weighted by molar-refractivity contribution is 0.267. The first-order chi connectivity index (χ1) is 10.2. The van der Waals surface area contributed by atoms with E-state index in [-0.39, 0.29) is 5.82 Å². The van der Waals surface area contributed by atoms with Gasteiger partial charge in [0, 0.05) is 18.7 Å². The molecule has 0 amide bonds. The Balaban J connectivity index is 1.96. The fraction of sp³-hybridized carbons (Fsp3) is 0.667. The van der Waals surface area contributed by atoms with E-state index in [1.807, 2.05) is 19.2 Å². The minimum atomic E-state index is -0.0655. The monoisotopic (exact) mass is 292 g/mol. The van der Waals surface area contributed by atoms with Gasteiger partial charge in [0.2, 0.25) is 0 Å². The molecule has 118 valence electrons. The van der Waals surface area contributed by atoms with Crippen LogP contribution in [0.3, 0.4) is 0 Å². The zero-order valence-corrected chi connectivity index (χ0v) is 13.5. The number of benzene rings is 1. The van der Waals surface area contributed by atoms with Crippen molar-refractivity contribution in [3.63, 3.8) is 0 Å². The van der Waals surface area contributed by atoms with Crippen molar-refractivity contribution in [3.05, 3.63) is 35.1 Å². The van der Waals surface area contributed by atoms with E-state index in [1.54, 1.807) is 6.07 Å². The van der Waals surface area contributed by atoms with Crippen molar-refractivity contribution in [3.8, 4) is 0 Å². The molecular formula is C18H29FN2. The van der Waals surface area contributed by atoms with Gasteiger partial charge in [-0.3, -0.25) is 4.90 Å². The lowest BCUT2D eigenvalue weighted by Crippen LogP contribution is -2.25. The van der Waals surface area contributed by atoms with Crippen LogP contribution in [0.2, 0.25) is 0 Å². The first kappa shape index (κ1) is 16.4. The Bertz CT molecular complexity index is 433. The van der Waals surface area contributed by atoms with E-state index in [9.17, 15) is 4.39 Å². The van der Waals surface area contributed by atoms with Crippen molar-refractivity contribution in [1.82, 2.24) is 10.2 Å². The SMILES string of the molecule is CCCC1CCCN(Cc2cc(CNC)ccc2F)CC1. The number of hydrogen-bond donors (Lipinski definition) is 1. The Morgan fingerprint density at radius 2 is 2.14 bits per heavy atom. The fourth-order valence-electron chi connectivity index (χ4n) is 3.38. The van der Waals surface area contributed by atoms with Crippen LogP contribution in [0.5, 0.6) is 0 Å². The summed E-state index contributed by atoms with van der Waals surface area (Å²) in [5, 5.41) is 3.13. The molecule has 0 aliphatic carbocycles. The van der Waals surface area contributed by atoms with Gasteiger partial charge in [0.15, 0.2) is 0 Å². The van der Waals surface area contributed by atoms with Gasteiger partial charge < -0.3 is 5.32 Å². The smallest absolute Gasteiger partial charge is 0.127 e. The molecule has 1 saturated heterocycles. The maximum atomic E-state index is 14.0. The van der Waals surface area contributed by atoms with Gasteiger partial charge in [-0.05, 0) is 56.9 Å². The molecule has 1 heterocycles. The highest BCUT2D eigenvalue weighted by molar-refractivity contribution is 5.25. The Hall–Kier alpha value is -0.930. The number of nitrogens with zero attached hydrogens (tertiary/aromatic N) is 1. The Morgan fingerprint density at radius 3 is 2.90 bits per heavy atom.